The molecule has 2 aliphatic heterocycles. The van der Waals surface area contributed by atoms with Crippen molar-refractivity contribution in [2.24, 2.45) is 0 Å². The predicted molar refractivity (Wildman–Crippen MR) is 94.6 cm³/mol. The minimum Gasteiger partial charge on any atom is -0.465 e. The SMILES string of the molecule is CC[C@@H]1C2c3ccccc3Cc3ccccc3N2CCN1C(=O)O. The number of piperazine rings is 1. The molecule has 4 rings (SSSR count). The normalized spacial score (nSPS) is 22.2. The van der Waals surface area contributed by atoms with E-state index in [1.807, 2.05) is 0 Å². The minimum absolute atomic E-state index is 0.0245. The van der Waals surface area contributed by atoms with Crippen LogP contribution in [-0.4, -0.2) is 35.2 Å². The molecule has 0 aliphatic carbocycles. The Morgan fingerprint density at radius 1 is 1.08 bits per heavy atom. The molecular weight excluding hydrogens is 300 g/mol. The molecule has 2 heterocycles. The third kappa shape index (κ3) is 2.25. The van der Waals surface area contributed by atoms with E-state index in [-0.39, 0.29) is 12.1 Å². The van der Waals surface area contributed by atoms with Crippen molar-refractivity contribution in [1.29, 1.82) is 0 Å². The van der Waals surface area contributed by atoms with Crippen LogP contribution in [0.25, 0.3) is 0 Å². The summed E-state index contributed by atoms with van der Waals surface area (Å²) >= 11 is 0. The van der Waals surface area contributed by atoms with E-state index < -0.39 is 6.09 Å². The van der Waals surface area contributed by atoms with Gasteiger partial charge in [-0.1, -0.05) is 49.4 Å². The van der Waals surface area contributed by atoms with Gasteiger partial charge < -0.3 is 14.9 Å². The highest BCUT2D eigenvalue weighted by Gasteiger charge is 2.41. The van der Waals surface area contributed by atoms with Crippen molar-refractivity contribution < 1.29 is 9.90 Å². The number of amides is 1. The minimum atomic E-state index is -0.809. The molecule has 1 amide bonds. The van der Waals surface area contributed by atoms with E-state index in [4.69, 9.17) is 0 Å². The van der Waals surface area contributed by atoms with Gasteiger partial charge in [-0.15, -0.1) is 0 Å². The maximum atomic E-state index is 11.7. The second-order valence-electron chi connectivity index (χ2n) is 6.59. The fourth-order valence-electron chi connectivity index (χ4n) is 4.35. The summed E-state index contributed by atoms with van der Waals surface area (Å²) in [6.07, 6.45) is 0.906. The van der Waals surface area contributed by atoms with Crippen molar-refractivity contribution >= 4 is 11.8 Å². The third-order valence-electron chi connectivity index (χ3n) is 5.40. The standard InChI is InChI=1S/C20H22N2O2/c1-2-17-19-16-9-5-3-7-14(16)13-15-8-4-6-10-18(15)21(19)11-12-22(17)20(23)24/h3-10,17,19H,2,11-13H2,1H3,(H,23,24)/t17-,19?/m1/s1. The van der Waals surface area contributed by atoms with Crippen molar-refractivity contribution in [2.45, 2.75) is 31.8 Å². The molecule has 1 fully saturated rings. The Morgan fingerprint density at radius 2 is 1.79 bits per heavy atom. The van der Waals surface area contributed by atoms with E-state index in [2.05, 4.69) is 60.4 Å². The van der Waals surface area contributed by atoms with Crippen LogP contribution >= 0.6 is 0 Å². The van der Waals surface area contributed by atoms with E-state index >= 15 is 0 Å². The highest BCUT2D eigenvalue weighted by Crippen LogP contribution is 2.42. The number of anilines is 1. The molecule has 2 aliphatic rings. The zero-order valence-corrected chi connectivity index (χ0v) is 13.9. The lowest BCUT2D eigenvalue weighted by molar-refractivity contribution is 0.101. The first kappa shape index (κ1) is 15.1. The Kier molecular flexibility index (Phi) is 3.68. The Hall–Kier alpha value is -2.49. The second-order valence-corrected chi connectivity index (χ2v) is 6.59. The summed E-state index contributed by atoms with van der Waals surface area (Å²) in [5.41, 5.74) is 5.16. The number of nitrogens with zero attached hydrogens (tertiary/aromatic N) is 2. The van der Waals surface area contributed by atoms with Crippen LogP contribution in [0.5, 0.6) is 0 Å². The van der Waals surface area contributed by atoms with Gasteiger partial charge in [0.15, 0.2) is 0 Å². The first-order valence-corrected chi connectivity index (χ1v) is 8.62. The fraction of sp³-hybridized carbons (Fsp3) is 0.350. The van der Waals surface area contributed by atoms with E-state index in [0.717, 1.165) is 19.4 Å². The smallest absolute Gasteiger partial charge is 0.407 e. The number of benzene rings is 2. The monoisotopic (exact) mass is 322 g/mol. The van der Waals surface area contributed by atoms with E-state index in [1.165, 1.54) is 22.4 Å². The molecule has 2 aromatic rings. The predicted octanol–water partition coefficient (Wildman–Crippen LogP) is 3.91. The van der Waals surface area contributed by atoms with E-state index in [0.29, 0.717) is 6.54 Å². The molecule has 1 unspecified atom stereocenters. The number of rotatable bonds is 1. The van der Waals surface area contributed by atoms with E-state index in [9.17, 15) is 9.90 Å². The maximum Gasteiger partial charge on any atom is 0.407 e. The van der Waals surface area contributed by atoms with Crippen LogP contribution in [0.3, 0.4) is 0 Å². The van der Waals surface area contributed by atoms with Crippen molar-refractivity contribution in [1.82, 2.24) is 4.90 Å². The van der Waals surface area contributed by atoms with Crippen molar-refractivity contribution in [3.05, 3.63) is 65.2 Å². The van der Waals surface area contributed by atoms with Gasteiger partial charge in [0.05, 0.1) is 12.1 Å². The summed E-state index contributed by atoms with van der Waals surface area (Å²) < 4.78 is 0. The van der Waals surface area contributed by atoms with Crippen LogP contribution in [-0.2, 0) is 6.42 Å². The summed E-state index contributed by atoms with van der Waals surface area (Å²) in [6.45, 7) is 3.38. The molecule has 0 bridgehead atoms. The van der Waals surface area contributed by atoms with Gasteiger partial charge in [0.1, 0.15) is 0 Å². The van der Waals surface area contributed by atoms with Gasteiger partial charge in [-0.25, -0.2) is 4.79 Å². The van der Waals surface area contributed by atoms with Crippen molar-refractivity contribution in [3.63, 3.8) is 0 Å². The molecule has 0 radical (unpaired) electrons. The summed E-state index contributed by atoms with van der Waals surface area (Å²) in [5.74, 6) is 0. The van der Waals surface area contributed by atoms with Crippen LogP contribution in [0.15, 0.2) is 48.5 Å². The van der Waals surface area contributed by atoms with Gasteiger partial charge in [-0.05, 0) is 35.6 Å². The van der Waals surface area contributed by atoms with Gasteiger partial charge >= 0.3 is 6.09 Å². The fourth-order valence-corrected chi connectivity index (χ4v) is 4.35. The average Bonchev–Trinajstić information content (AvgIpc) is 2.75. The molecule has 2 atom stereocenters. The zero-order chi connectivity index (χ0) is 16.7. The van der Waals surface area contributed by atoms with Crippen LogP contribution in [0.2, 0.25) is 0 Å². The second kappa shape index (κ2) is 5.86. The molecule has 4 heteroatoms. The van der Waals surface area contributed by atoms with Crippen LogP contribution < -0.4 is 4.90 Å². The van der Waals surface area contributed by atoms with Crippen LogP contribution in [0.4, 0.5) is 10.5 Å². The van der Waals surface area contributed by atoms with Gasteiger partial charge in [0, 0.05) is 18.8 Å². The first-order chi connectivity index (χ1) is 11.7. The lowest BCUT2D eigenvalue weighted by atomic mass is 9.89. The highest BCUT2D eigenvalue weighted by atomic mass is 16.4. The number of hydrogen-bond acceptors (Lipinski definition) is 2. The summed E-state index contributed by atoms with van der Waals surface area (Å²) in [4.78, 5) is 15.8. The van der Waals surface area contributed by atoms with Crippen LogP contribution in [0, 0.1) is 0 Å². The molecule has 0 spiro atoms. The van der Waals surface area contributed by atoms with Crippen LogP contribution in [0.1, 0.15) is 36.1 Å². The molecule has 2 aromatic carbocycles. The lowest BCUT2D eigenvalue weighted by Crippen LogP contribution is -2.56. The summed E-state index contributed by atoms with van der Waals surface area (Å²) in [5, 5.41) is 9.65. The maximum absolute atomic E-state index is 11.7. The van der Waals surface area contributed by atoms with Gasteiger partial charge in [0.2, 0.25) is 0 Å². The Labute approximate surface area is 142 Å². The number of fused-ring (bicyclic) bond motifs is 5. The van der Waals surface area contributed by atoms with Crippen molar-refractivity contribution in [3.8, 4) is 0 Å². The molecular formula is C20H22N2O2. The lowest BCUT2D eigenvalue weighted by Gasteiger charge is -2.47. The van der Waals surface area contributed by atoms with Gasteiger partial charge in [-0.3, -0.25) is 0 Å². The Morgan fingerprint density at radius 3 is 2.54 bits per heavy atom. The summed E-state index contributed by atoms with van der Waals surface area (Å²) in [7, 11) is 0. The Balaban J connectivity index is 1.91. The highest BCUT2D eigenvalue weighted by molar-refractivity contribution is 5.68. The van der Waals surface area contributed by atoms with Crippen molar-refractivity contribution in [2.75, 3.05) is 18.0 Å². The third-order valence-corrected chi connectivity index (χ3v) is 5.40. The molecule has 0 aromatic heterocycles. The number of carboxylic acid groups (broad SMARTS) is 1. The number of carbonyl (C=O) groups is 1. The molecule has 1 saturated heterocycles. The zero-order valence-electron chi connectivity index (χ0n) is 13.9. The average molecular weight is 322 g/mol. The number of hydrogen-bond donors (Lipinski definition) is 1. The molecule has 0 saturated carbocycles. The summed E-state index contributed by atoms with van der Waals surface area (Å²) in [6, 6.07) is 17.1. The quantitative estimate of drug-likeness (QED) is 0.865. The Bertz CT molecular complexity index is 774. The molecule has 24 heavy (non-hydrogen) atoms. The largest absolute Gasteiger partial charge is 0.465 e. The van der Waals surface area contributed by atoms with Gasteiger partial charge in [-0.2, -0.15) is 0 Å². The topological polar surface area (TPSA) is 43.8 Å². The molecule has 124 valence electrons. The molecule has 4 nitrogen and oxygen atoms in total. The van der Waals surface area contributed by atoms with Gasteiger partial charge in [0.25, 0.3) is 0 Å². The first-order valence-electron chi connectivity index (χ1n) is 8.62. The molecule has 1 N–H and O–H groups in total. The number of para-hydroxylation sites is 1. The van der Waals surface area contributed by atoms with E-state index in [1.54, 1.807) is 4.90 Å².